The highest BCUT2D eigenvalue weighted by molar-refractivity contribution is 5.68. The topological polar surface area (TPSA) is 92.3 Å². The molecule has 2 aromatic rings. The summed E-state index contributed by atoms with van der Waals surface area (Å²) in [7, 11) is 3.11. The van der Waals surface area contributed by atoms with Crippen molar-refractivity contribution < 1.29 is 9.66 Å². The molecule has 0 saturated heterocycles. The van der Waals surface area contributed by atoms with Gasteiger partial charge in [0.05, 0.1) is 23.7 Å². The Morgan fingerprint density at radius 2 is 1.95 bits per heavy atom. The smallest absolute Gasteiger partial charge is 0.312 e. The third-order valence-electron chi connectivity index (χ3n) is 2.94. The van der Waals surface area contributed by atoms with Crippen LogP contribution in [-0.4, -0.2) is 24.1 Å². The van der Waals surface area contributed by atoms with Gasteiger partial charge in [0, 0.05) is 24.9 Å². The highest BCUT2D eigenvalue weighted by atomic mass is 16.6. The second-order valence-corrected chi connectivity index (χ2v) is 4.17. The number of methoxy groups -OCH3 is 1. The first-order chi connectivity index (χ1) is 10.1. The summed E-state index contributed by atoms with van der Waals surface area (Å²) in [6.45, 7) is 0. The van der Waals surface area contributed by atoms with Crippen LogP contribution in [0.5, 0.6) is 5.88 Å². The van der Waals surface area contributed by atoms with E-state index >= 15 is 0 Å². The molecule has 1 heterocycles. The number of pyridine rings is 1. The van der Waals surface area contributed by atoms with Gasteiger partial charge in [0.25, 0.3) is 0 Å². The number of aromatic nitrogens is 1. The summed E-state index contributed by atoms with van der Waals surface area (Å²) in [5, 5.41) is 19.9. The summed E-state index contributed by atoms with van der Waals surface area (Å²) < 4.78 is 5.01. The van der Waals surface area contributed by atoms with Crippen molar-refractivity contribution >= 4 is 17.2 Å². The van der Waals surface area contributed by atoms with E-state index < -0.39 is 4.92 Å². The molecule has 0 saturated carbocycles. The lowest BCUT2D eigenvalue weighted by atomic mass is 10.2. The zero-order chi connectivity index (χ0) is 15.4. The molecule has 0 N–H and O–H groups in total. The standard InChI is InChI=1S/C14H12N4O3/c1-17(11-5-3-10(9-15)4-6-11)14-12(18(19)20)7-8-13(16-14)21-2/h3-8H,1-2H3. The van der Waals surface area contributed by atoms with Crippen molar-refractivity contribution in [2.45, 2.75) is 0 Å². The minimum atomic E-state index is -0.498. The Bertz CT molecular complexity index is 707. The lowest BCUT2D eigenvalue weighted by Gasteiger charge is -2.18. The summed E-state index contributed by atoms with van der Waals surface area (Å²) in [6.07, 6.45) is 0. The van der Waals surface area contributed by atoms with Crippen molar-refractivity contribution in [3.63, 3.8) is 0 Å². The van der Waals surface area contributed by atoms with Gasteiger partial charge in [-0.15, -0.1) is 0 Å². The number of nitro groups is 1. The van der Waals surface area contributed by atoms with Crippen LogP contribution in [0.2, 0.25) is 0 Å². The van der Waals surface area contributed by atoms with E-state index in [4.69, 9.17) is 10.00 Å². The third-order valence-corrected chi connectivity index (χ3v) is 2.94. The summed E-state index contributed by atoms with van der Waals surface area (Å²) in [6, 6.07) is 11.5. The van der Waals surface area contributed by atoms with Gasteiger partial charge in [0.2, 0.25) is 11.7 Å². The molecular weight excluding hydrogens is 272 g/mol. The number of ether oxygens (including phenoxy) is 1. The fourth-order valence-electron chi connectivity index (χ4n) is 1.81. The Morgan fingerprint density at radius 1 is 1.29 bits per heavy atom. The predicted octanol–water partition coefficient (Wildman–Crippen LogP) is 2.64. The molecule has 0 aliphatic rings. The van der Waals surface area contributed by atoms with E-state index in [1.165, 1.54) is 19.2 Å². The molecule has 0 amide bonds. The Kier molecular flexibility index (Phi) is 4.00. The molecule has 0 spiro atoms. The molecular formula is C14H12N4O3. The normalized spacial score (nSPS) is 9.76. The van der Waals surface area contributed by atoms with E-state index in [9.17, 15) is 10.1 Å². The lowest BCUT2D eigenvalue weighted by molar-refractivity contribution is -0.384. The summed E-state index contributed by atoms with van der Waals surface area (Å²) in [5.41, 5.74) is 1.07. The van der Waals surface area contributed by atoms with E-state index in [1.807, 2.05) is 6.07 Å². The molecule has 2 rings (SSSR count). The van der Waals surface area contributed by atoms with Crippen LogP contribution in [0.4, 0.5) is 17.2 Å². The van der Waals surface area contributed by atoms with Crippen LogP contribution in [0.3, 0.4) is 0 Å². The minimum Gasteiger partial charge on any atom is -0.481 e. The second-order valence-electron chi connectivity index (χ2n) is 4.17. The lowest BCUT2D eigenvalue weighted by Crippen LogP contribution is -2.13. The number of hydrogen-bond donors (Lipinski definition) is 0. The van der Waals surface area contributed by atoms with E-state index in [1.54, 1.807) is 36.2 Å². The minimum absolute atomic E-state index is 0.123. The third kappa shape index (κ3) is 2.90. The highest BCUT2D eigenvalue weighted by Gasteiger charge is 2.21. The largest absolute Gasteiger partial charge is 0.481 e. The average molecular weight is 284 g/mol. The van der Waals surface area contributed by atoms with Gasteiger partial charge in [-0.05, 0) is 24.3 Å². The van der Waals surface area contributed by atoms with Gasteiger partial charge >= 0.3 is 5.69 Å². The Balaban J connectivity index is 2.47. The fraction of sp³-hybridized carbons (Fsp3) is 0.143. The van der Waals surface area contributed by atoms with Crippen LogP contribution >= 0.6 is 0 Å². The molecule has 0 fully saturated rings. The number of anilines is 2. The first-order valence-electron chi connectivity index (χ1n) is 6.00. The SMILES string of the molecule is COc1ccc([N+](=O)[O-])c(N(C)c2ccc(C#N)cc2)n1. The van der Waals surface area contributed by atoms with Gasteiger partial charge in [0.1, 0.15) is 0 Å². The summed E-state index contributed by atoms with van der Waals surface area (Å²) in [5.74, 6) is 0.458. The van der Waals surface area contributed by atoms with E-state index in [0.717, 1.165) is 0 Å². The first-order valence-corrected chi connectivity index (χ1v) is 6.00. The Hall–Kier alpha value is -3.14. The maximum Gasteiger partial charge on any atom is 0.312 e. The highest BCUT2D eigenvalue weighted by Crippen LogP contribution is 2.32. The van der Waals surface area contributed by atoms with Gasteiger partial charge in [-0.25, -0.2) is 0 Å². The molecule has 106 valence electrons. The monoisotopic (exact) mass is 284 g/mol. The number of benzene rings is 1. The van der Waals surface area contributed by atoms with Gasteiger partial charge in [0.15, 0.2) is 0 Å². The van der Waals surface area contributed by atoms with Crippen LogP contribution in [0.1, 0.15) is 5.56 Å². The molecule has 0 aliphatic carbocycles. The number of nitriles is 1. The summed E-state index contributed by atoms with van der Waals surface area (Å²) >= 11 is 0. The quantitative estimate of drug-likeness (QED) is 0.633. The fourth-order valence-corrected chi connectivity index (χ4v) is 1.81. The maximum absolute atomic E-state index is 11.1. The molecule has 0 atom stereocenters. The molecule has 1 aromatic heterocycles. The van der Waals surface area contributed by atoms with Crippen molar-refractivity contribution in [1.82, 2.24) is 4.98 Å². The van der Waals surface area contributed by atoms with Crippen molar-refractivity contribution in [3.8, 4) is 11.9 Å². The maximum atomic E-state index is 11.1. The van der Waals surface area contributed by atoms with Gasteiger partial charge in [-0.2, -0.15) is 10.2 Å². The van der Waals surface area contributed by atoms with Crippen LogP contribution < -0.4 is 9.64 Å². The number of rotatable bonds is 4. The predicted molar refractivity (Wildman–Crippen MR) is 76.7 cm³/mol. The second kappa shape index (κ2) is 5.88. The van der Waals surface area contributed by atoms with Crippen molar-refractivity contribution in [2.75, 3.05) is 19.1 Å². The Morgan fingerprint density at radius 3 is 2.48 bits per heavy atom. The van der Waals surface area contributed by atoms with Crippen molar-refractivity contribution in [3.05, 3.63) is 52.1 Å². The van der Waals surface area contributed by atoms with Gasteiger partial charge in [-0.3, -0.25) is 10.1 Å². The molecule has 0 radical (unpaired) electrons. The Labute approximate surface area is 121 Å². The van der Waals surface area contributed by atoms with Crippen LogP contribution in [-0.2, 0) is 0 Å². The zero-order valence-electron chi connectivity index (χ0n) is 11.5. The van der Waals surface area contributed by atoms with E-state index in [0.29, 0.717) is 11.3 Å². The van der Waals surface area contributed by atoms with E-state index in [-0.39, 0.29) is 17.4 Å². The number of hydrogen-bond acceptors (Lipinski definition) is 6. The molecule has 1 aromatic carbocycles. The number of nitrogens with zero attached hydrogens (tertiary/aromatic N) is 4. The molecule has 0 bridgehead atoms. The average Bonchev–Trinajstić information content (AvgIpc) is 2.53. The zero-order valence-corrected chi connectivity index (χ0v) is 11.5. The van der Waals surface area contributed by atoms with Crippen LogP contribution in [0, 0.1) is 21.4 Å². The molecule has 0 unspecified atom stereocenters. The molecule has 0 aliphatic heterocycles. The van der Waals surface area contributed by atoms with Crippen molar-refractivity contribution in [1.29, 1.82) is 5.26 Å². The van der Waals surface area contributed by atoms with Crippen LogP contribution in [0.15, 0.2) is 36.4 Å². The first kappa shape index (κ1) is 14.3. The van der Waals surface area contributed by atoms with Crippen molar-refractivity contribution in [2.24, 2.45) is 0 Å². The van der Waals surface area contributed by atoms with Gasteiger partial charge in [-0.1, -0.05) is 0 Å². The van der Waals surface area contributed by atoms with E-state index in [2.05, 4.69) is 4.98 Å². The molecule has 21 heavy (non-hydrogen) atoms. The van der Waals surface area contributed by atoms with Crippen LogP contribution in [0.25, 0.3) is 0 Å². The summed E-state index contributed by atoms with van der Waals surface area (Å²) in [4.78, 5) is 16.3. The molecule has 7 nitrogen and oxygen atoms in total. The van der Waals surface area contributed by atoms with Gasteiger partial charge < -0.3 is 9.64 Å². The molecule has 7 heteroatoms.